The Morgan fingerprint density at radius 1 is 1.11 bits per heavy atom. The summed E-state index contributed by atoms with van der Waals surface area (Å²) in [5.74, 6) is 0.845. The lowest BCUT2D eigenvalue weighted by Gasteiger charge is -2.26. The summed E-state index contributed by atoms with van der Waals surface area (Å²) in [7, 11) is 9.93. The molecule has 6 heteroatoms. The molecule has 27 heavy (non-hydrogen) atoms. The van der Waals surface area contributed by atoms with Crippen LogP contribution in [0.15, 0.2) is 29.3 Å². The molecule has 0 saturated carbocycles. The van der Waals surface area contributed by atoms with E-state index in [1.54, 1.807) is 7.11 Å². The van der Waals surface area contributed by atoms with Gasteiger partial charge in [0.15, 0.2) is 5.96 Å². The van der Waals surface area contributed by atoms with Gasteiger partial charge in [-0.05, 0) is 45.1 Å². The second kappa shape index (κ2) is 13.5. The van der Waals surface area contributed by atoms with E-state index in [2.05, 4.69) is 77.8 Å². The average Bonchev–Trinajstić information content (AvgIpc) is 2.67. The Balaban J connectivity index is 2.45. The van der Waals surface area contributed by atoms with E-state index in [4.69, 9.17) is 4.74 Å². The Morgan fingerprint density at radius 3 is 2.37 bits per heavy atom. The highest BCUT2D eigenvalue weighted by atomic mass is 16.5. The molecule has 0 aliphatic heterocycles. The number of nitrogens with one attached hydrogen (secondary N) is 2. The van der Waals surface area contributed by atoms with Crippen molar-refractivity contribution in [2.24, 2.45) is 4.99 Å². The van der Waals surface area contributed by atoms with Crippen LogP contribution in [0.1, 0.15) is 30.5 Å². The number of nitrogens with zero attached hydrogens (tertiary/aromatic N) is 3. The minimum Gasteiger partial charge on any atom is -0.385 e. The molecule has 0 radical (unpaired) electrons. The summed E-state index contributed by atoms with van der Waals surface area (Å²) in [4.78, 5) is 8.89. The maximum Gasteiger partial charge on any atom is 0.191 e. The van der Waals surface area contributed by atoms with Gasteiger partial charge < -0.3 is 25.2 Å². The summed E-state index contributed by atoms with van der Waals surface area (Å²) in [6.45, 7) is 6.68. The van der Waals surface area contributed by atoms with Gasteiger partial charge in [-0.1, -0.05) is 31.2 Å². The number of rotatable bonds is 12. The number of ether oxygens (including phenoxy) is 1. The van der Waals surface area contributed by atoms with Crippen LogP contribution in [-0.4, -0.2) is 83.8 Å². The maximum atomic E-state index is 5.10. The molecule has 0 heterocycles. The van der Waals surface area contributed by atoms with Crippen molar-refractivity contribution in [3.63, 3.8) is 0 Å². The molecule has 0 fully saturated rings. The lowest BCUT2D eigenvalue weighted by molar-refractivity contribution is 0.180. The number of aliphatic imine (C=N–C) groups is 1. The van der Waals surface area contributed by atoms with Gasteiger partial charge in [-0.3, -0.25) is 4.99 Å². The summed E-state index contributed by atoms with van der Waals surface area (Å²) in [5.41, 5.74) is 2.69. The Bertz CT molecular complexity index is 530. The van der Waals surface area contributed by atoms with Gasteiger partial charge in [-0.15, -0.1) is 0 Å². The first-order valence-corrected chi connectivity index (χ1v) is 9.89. The first kappa shape index (κ1) is 23.4. The van der Waals surface area contributed by atoms with E-state index < -0.39 is 0 Å². The van der Waals surface area contributed by atoms with Crippen molar-refractivity contribution in [1.82, 2.24) is 20.4 Å². The largest absolute Gasteiger partial charge is 0.385 e. The Morgan fingerprint density at radius 2 is 1.81 bits per heavy atom. The van der Waals surface area contributed by atoms with Crippen molar-refractivity contribution in [3.8, 4) is 0 Å². The zero-order valence-corrected chi connectivity index (χ0v) is 18.1. The maximum absolute atomic E-state index is 5.10. The van der Waals surface area contributed by atoms with Gasteiger partial charge in [0.2, 0.25) is 0 Å². The van der Waals surface area contributed by atoms with E-state index in [-0.39, 0.29) is 0 Å². The van der Waals surface area contributed by atoms with Crippen LogP contribution in [0.2, 0.25) is 0 Å². The van der Waals surface area contributed by atoms with Crippen molar-refractivity contribution < 1.29 is 4.74 Å². The van der Waals surface area contributed by atoms with Crippen LogP contribution in [0.3, 0.4) is 0 Å². The van der Waals surface area contributed by atoms with Crippen LogP contribution in [0.4, 0.5) is 0 Å². The first-order valence-electron chi connectivity index (χ1n) is 9.89. The molecule has 1 aromatic rings. The molecule has 0 amide bonds. The monoisotopic (exact) mass is 377 g/mol. The molecule has 0 saturated heterocycles. The van der Waals surface area contributed by atoms with Gasteiger partial charge in [0, 0.05) is 46.9 Å². The van der Waals surface area contributed by atoms with Gasteiger partial charge in [-0.25, -0.2) is 0 Å². The van der Waals surface area contributed by atoms with Crippen LogP contribution in [0.5, 0.6) is 0 Å². The van der Waals surface area contributed by atoms with E-state index in [0.29, 0.717) is 6.04 Å². The minimum atomic E-state index is 0.297. The Hall–Kier alpha value is -1.63. The standard InChI is InChI=1S/C21H39N5O/c1-7-18-9-11-19(12-10-18)20(25(3)4)17-24-21(22-2)23-13-15-26(5)14-8-16-27-6/h9-12,20H,7-8,13-17H2,1-6H3,(H2,22,23,24). The molecule has 1 rings (SSSR count). The van der Waals surface area contributed by atoms with Crippen molar-refractivity contribution in [2.75, 3.05) is 68.1 Å². The van der Waals surface area contributed by atoms with Gasteiger partial charge in [0.05, 0.1) is 6.04 Å². The average molecular weight is 378 g/mol. The fourth-order valence-corrected chi connectivity index (χ4v) is 2.94. The second-order valence-electron chi connectivity index (χ2n) is 7.10. The topological polar surface area (TPSA) is 52.1 Å². The fourth-order valence-electron chi connectivity index (χ4n) is 2.94. The first-order chi connectivity index (χ1) is 13.0. The number of hydrogen-bond acceptors (Lipinski definition) is 4. The molecule has 154 valence electrons. The summed E-state index contributed by atoms with van der Waals surface area (Å²) >= 11 is 0. The van der Waals surface area contributed by atoms with Crippen molar-refractivity contribution in [1.29, 1.82) is 0 Å². The van der Waals surface area contributed by atoms with E-state index in [1.807, 2.05) is 7.05 Å². The van der Waals surface area contributed by atoms with Gasteiger partial charge in [0.25, 0.3) is 0 Å². The minimum absolute atomic E-state index is 0.297. The van der Waals surface area contributed by atoms with Crippen molar-refractivity contribution in [3.05, 3.63) is 35.4 Å². The van der Waals surface area contributed by atoms with Gasteiger partial charge in [0.1, 0.15) is 0 Å². The lowest BCUT2D eigenvalue weighted by atomic mass is 10.0. The summed E-state index contributed by atoms with van der Waals surface area (Å²) in [5, 5.41) is 6.86. The zero-order chi connectivity index (χ0) is 20.1. The lowest BCUT2D eigenvalue weighted by Crippen LogP contribution is -2.44. The molecule has 1 aromatic carbocycles. The molecule has 0 aromatic heterocycles. The number of methoxy groups -OCH3 is 1. The van der Waals surface area contributed by atoms with Crippen LogP contribution < -0.4 is 10.6 Å². The van der Waals surface area contributed by atoms with Crippen molar-refractivity contribution >= 4 is 5.96 Å². The third-order valence-electron chi connectivity index (χ3n) is 4.76. The number of guanidine groups is 1. The highest BCUT2D eigenvalue weighted by molar-refractivity contribution is 5.79. The molecule has 1 unspecified atom stereocenters. The van der Waals surface area contributed by atoms with Crippen LogP contribution in [-0.2, 0) is 11.2 Å². The Kier molecular flexibility index (Phi) is 11.7. The van der Waals surface area contributed by atoms with Crippen LogP contribution in [0.25, 0.3) is 0 Å². The van der Waals surface area contributed by atoms with Crippen molar-refractivity contribution in [2.45, 2.75) is 25.8 Å². The van der Waals surface area contributed by atoms with E-state index >= 15 is 0 Å². The van der Waals surface area contributed by atoms with Crippen LogP contribution >= 0.6 is 0 Å². The molecule has 0 spiro atoms. The molecular weight excluding hydrogens is 338 g/mol. The SMILES string of the molecule is CCc1ccc(C(CNC(=NC)NCCN(C)CCCOC)N(C)C)cc1. The van der Waals surface area contributed by atoms with Gasteiger partial charge >= 0.3 is 0 Å². The summed E-state index contributed by atoms with van der Waals surface area (Å²) in [6.07, 6.45) is 2.13. The Labute approximate surface area is 166 Å². The molecule has 0 aliphatic carbocycles. The van der Waals surface area contributed by atoms with Crippen LogP contribution in [0, 0.1) is 0 Å². The fraction of sp³-hybridized carbons (Fsp3) is 0.667. The summed E-state index contributed by atoms with van der Waals surface area (Å²) < 4.78 is 5.10. The molecule has 6 nitrogen and oxygen atoms in total. The third-order valence-corrected chi connectivity index (χ3v) is 4.76. The van der Waals surface area contributed by atoms with E-state index in [1.165, 1.54) is 11.1 Å². The number of hydrogen-bond donors (Lipinski definition) is 2. The predicted octanol–water partition coefficient (Wildman–Crippen LogP) is 1.99. The second-order valence-corrected chi connectivity index (χ2v) is 7.10. The molecular formula is C21H39N5O. The summed E-state index contributed by atoms with van der Waals surface area (Å²) in [6, 6.07) is 9.20. The normalized spacial score (nSPS) is 13.3. The van der Waals surface area contributed by atoms with E-state index in [0.717, 1.165) is 51.6 Å². The number of likely N-dealkylation sites (N-methyl/N-ethyl adjacent to an activating group) is 2. The molecule has 0 bridgehead atoms. The zero-order valence-electron chi connectivity index (χ0n) is 18.1. The van der Waals surface area contributed by atoms with E-state index in [9.17, 15) is 0 Å². The number of benzene rings is 1. The smallest absolute Gasteiger partial charge is 0.191 e. The third kappa shape index (κ3) is 9.22. The molecule has 2 N–H and O–H groups in total. The number of aryl methyl sites for hydroxylation is 1. The highest BCUT2D eigenvalue weighted by Gasteiger charge is 2.14. The molecule has 1 atom stereocenters. The predicted molar refractivity (Wildman–Crippen MR) is 116 cm³/mol. The highest BCUT2D eigenvalue weighted by Crippen LogP contribution is 2.18. The molecule has 0 aliphatic rings. The quantitative estimate of drug-likeness (QED) is 0.331. The van der Waals surface area contributed by atoms with Gasteiger partial charge in [-0.2, -0.15) is 0 Å².